The van der Waals surface area contributed by atoms with Crippen molar-refractivity contribution in [3.63, 3.8) is 0 Å². The number of aliphatic hydroxyl groups is 1. The van der Waals surface area contributed by atoms with Crippen LogP contribution in [0.5, 0.6) is 0 Å². The Morgan fingerprint density at radius 2 is 1.68 bits per heavy atom. The second-order valence-electron chi connectivity index (χ2n) is 8.13. The number of nitrogens with zero attached hydrogens (tertiary/aromatic N) is 1. The number of aliphatic hydroxyl groups excluding tert-OH is 1. The molecule has 0 aromatic rings. The van der Waals surface area contributed by atoms with Crippen molar-refractivity contribution in [2.24, 2.45) is 11.3 Å². The van der Waals surface area contributed by atoms with Gasteiger partial charge in [-0.05, 0) is 26.7 Å². The van der Waals surface area contributed by atoms with E-state index in [2.05, 4.69) is 38.9 Å². The van der Waals surface area contributed by atoms with Gasteiger partial charge >= 0.3 is 0 Å². The lowest BCUT2D eigenvalue weighted by atomic mass is 9.67. The highest BCUT2D eigenvalue weighted by atomic mass is 32.1. The van der Waals surface area contributed by atoms with Crippen molar-refractivity contribution < 1.29 is 14.6 Å². The van der Waals surface area contributed by atoms with Crippen LogP contribution in [0.2, 0.25) is 0 Å². The average molecular weight is 332 g/mol. The SMILES string of the molecule is CCC1(C)CC2(OCC(C)(CO)CO2)C(C)C(C)(CC)N1S. The first-order valence-corrected chi connectivity index (χ1v) is 8.89. The van der Waals surface area contributed by atoms with E-state index in [0.717, 1.165) is 19.3 Å². The Morgan fingerprint density at radius 3 is 2.09 bits per heavy atom. The molecule has 1 spiro atoms. The summed E-state index contributed by atoms with van der Waals surface area (Å²) in [5.74, 6) is -0.381. The molecule has 130 valence electrons. The molecular formula is C17H33NO3S. The van der Waals surface area contributed by atoms with E-state index >= 15 is 0 Å². The van der Waals surface area contributed by atoms with Gasteiger partial charge in [0.1, 0.15) is 0 Å². The molecule has 3 atom stereocenters. The zero-order valence-corrected chi connectivity index (χ0v) is 15.9. The lowest BCUT2D eigenvalue weighted by Crippen LogP contribution is -2.71. The zero-order chi connectivity index (χ0) is 16.8. The van der Waals surface area contributed by atoms with Crippen LogP contribution in [0.1, 0.15) is 60.8 Å². The van der Waals surface area contributed by atoms with Crippen molar-refractivity contribution in [2.75, 3.05) is 19.8 Å². The highest BCUT2D eigenvalue weighted by Crippen LogP contribution is 2.54. The van der Waals surface area contributed by atoms with Crippen molar-refractivity contribution >= 4 is 12.8 Å². The molecule has 4 nitrogen and oxygen atoms in total. The van der Waals surface area contributed by atoms with Crippen LogP contribution in [-0.4, -0.2) is 46.1 Å². The quantitative estimate of drug-likeness (QED) is 0.779. The van der Waals surface area contributed by atoms with Gasteiger partial charge in [0.25, 0.3) is 0 Å². The maximum atomic E-state index is 9.56. The van der Waals surface area contributed by atoms with Gasteiger partial charge in [-0.3, -0.25) is 0 Å². The van der Waals surface area contributed by atoms with Gasteiger partial charge in [0.05, 0.1) is 19.8 Å². The fraction of sp³-hybridized carbons (Fsp3) is 1.00. The van der Waals surface area contributed by atoms with E-state index in [1.807, 2.05) is 6.92 Å². The topological polar surface area (TPSA) is 41.9 Å². The van der Waals surface area contributed by atoms with E-state index in [9.17, 15) is 5.11 Å². The number of rotatable bonds is 3. The Kier molecular flexibility index (Phi) is 4.99. The molecule has 0 bridgehead atoms. The molecule has 0 radical (unpaired) electrons. The first-order valence-electron chi connectivity index (χ1n) is 8.49. The van der Waals surface area contributed by atoms with Crippen LogP contribution in [0.4, 0.5) is 0 Å². The van der Waals surface area contributed by atoms with Gasteiger partial charge in [0.2, 0.25) is 0 Å². The molecule has 2 saturated heterocycles. The molecule has 0 aliphatic carbocycles. The summed E-state index contributed by atoms with van der Waals surface area (Å²) in [6.07, 6.45) is 2.78. The van der Waals surface area contributed by atoms with Crippen molar-refractivity contribution in [3.05, 3.63) is 0 Å². The number of piperidine rings is 1. The van der Waals surface area contributed by atoms with Crippen molar-refractivity contribution in [1.82, 2.24) is 4.31 Å². The number of thiol groups is 1. The smallest absolute Gasteiger partial charge is 0.174 e. The van der Waals surface area contributed by atoms with Gasteiger partial charge < -0.3 is 14.6 Å². The standard InChI is InChI=1S/C17H33NO3S/c1-7-15(5)9-17(13(3)16(6,8-2)18(15)22)20-11-14(4,10-19)12-21-17/h13,19,22H,7-12H2,1-6H3. The van der Waals surface area contributed by atoms with Gasteiger partial charge in [0.15, 0.2) is 5.79 Å². The van der Waals surface area contributed by atoms with Gasteiger partial charge in [0, 0.05) is 28.8 Å². The summed E-state index contributed by atoms with van der Waals surface area (Å²) in [4.78, 5) is 0. The third-order valence-corrected chi connectivity index (χ3v) is 7.34. The largest absolute Gasteiger partial charge is 0.396 e. The van der Waals surface area contributed by atoms with E-state index in [0.29, 0.717) is 13.2 Å². The highest BCUT2D eigenvalue weighted by Gasteiger charge is 2.62. The Morgan fingerprint density at radius 1 is 1.14 bits per heavy atom. The van der Waals surface area contributed by atoms with E-state index in [-0.39, 0.29) is 29.0 Å². The lowest BCUT2D eigenvalue weighted by Gasteiger charge is -2.63. The molecule has 2 aliphatic rings. The Labute approximate surface area is 141 Å². The minimum atomic E-state index is -0.580. The summed E-state index contributed by atoms with van der Waals surface area (Å²) in [6, 6.07) is 0. The Bertz CT molecular complexity index is 411. The second kappa shape index (κ2) is 5.92. The van der Waals surface area contributed by atoms with Crippen LogP contribution in [0.15, 0.2) is 0 Å². The molecule has 2 rings (SSSR count). The summed E-state index contributed by atoms with van der Waals surface area (Å²) in [5.41, 5.74) is -0.472. The molecule has 2 aliphatic heterocycles. The second-order valence-corrected chi connectivity index (χ2v) is 8.53. The van der Waals surface area contributed by atoms with Crippen LogP contribution in [0.3, 0.4) is 0 Å². The maximum Gasteiger partial charge on any atom is 0.174 e. The average Bonchev–Trinajstić information content (AvgIpc) is 2.54. The monoisotopic (exact) mass is 331 g/mol. The van der Waals surface area contributed by atoms with Crippen molar-refractivity contribution in [3.8, 4) is 0 Å². The van der Waals surface area contributed by atoms with Crippen molar-refractivity contribution in [2.45, 2.75) is 77.7 Å². The van der Waals surface area contributed by atoms with E-state index in [1.54, 1.807) is 0 Å². The van der Waals surface area contributed by atoms with Gasteiger partial charge in [-0.15, -0.1) is 0 Å². The minimum absolute atomic E-state index is 0.0761. The summed E-state index contributed by atoms with van der Waals surface area (Å²) < 4.78 is 14.9. The lowest BCUT2D eigenvalue weighted by molar-refractivity contribution is -0.361. The predicted octanol–water partition coefficient (Wildman–Crippen LogP) is 3.25. The summed E-state index contributed by atoms with van der Waals surface area (Å²) >= 11 is 4.88. The Hall–Kier alpha value is 0.190. The van der Waals surface area contributed by atoms with Crippen LogP contribution in [0.25, 0.3) is 0 Å². The van der Waals surface area contributed by atoms with Crippen molar-refractivity contribution in [1.29, 1.82) is 0 Å². The molecule has 3 unspecified atom stereocenters. The number of ether oxygens (including phenoxy) is 2. The molecule has 2 fully saturated rings. The highest BCUT2D eigenvalue weighted by molar-refractivity contribution is 7.77. The molecule has 0 aromatic heterocycles. The molecule has 22 heavy (non-hydrogen) atoms. The third-order valence-electron chi connectivity index (χ3n) is 6.40. The fourth-order valence-electron chi connectivity index (χ4n) is 3.88. The van der Waals surface area contributed by atoms with Gasteiger partial charge in [-0.1, -0.05) is 40.5 Å². The fourth-order valence-corrected chi connectivity index (χ4v) is 4.41. The zero-order valence-electron chi connectivity index (χ0n) is 15.0. The summed E-state index contributed by atoms with van der Waals surface area (Å²) in [6.45, 7) is 14.3. The first-order chi connectivity index (χ1) is 10.1. The first kappa shape index (κ1) is 18.5. The number of hydrogen-bond donors (Lipinski definition) is 2. The third kappa shape index (κ3) is 2.63. The summed E-state index contributed by atoms with van der Waals surface area (Å²) in [7, 11) is 0. The predicted molar refractivity (Wildman–Crippen MR) is 91.8 cm³/mol. The molecule has 0 saturated carbocycles. The van der Waals surface area contributed by atoms with Crippen LogP contribution in [-0.2, 0) is 9.47 Å². The maximum absolute atomic E-state index is 9.56. The molecule has 0 amide bonds. The molecule has 5 heteroatoms. The summed E-state index contributed by atoms with van der Waals surface area (Å²) in [5, 5.41) is 9.56. The van der Waals surface area contributed by atoms with E-state index in [1.165, 1.54) is 0 Å². The normalized spacial score (nSPS) is 50.5. The molecule has 1 N–H and O–H groups in total. The van der Waals surface area contributed by atoms with Gasteiger partial charge in [-0.25, -0.2) is 4.31 Å². The van der Waals surface area contributed by atoms with E-state index in [4.69, 9.17) is 22.3 Å². The minimum Gasteiger partial charge on any atom is -0.396 e. The number of hydrogen-bond acceptors (Lipinski definition) is 5. The van der Waals surface area contributed by atoms with Crippen LogP contribution >= 0.6 is 12.8 Å². The van der Waals surface area contributed by atoms with Crippen LogP contribution < -0.4 is 0 Å². The van der Waals surface area contributed by atoms with E-state index < -0.39 is 5.79 Å². The van der Waals surface area contributed by atoms with Crippen LogP contribution in [0, 0.1) is 11.3 Å². The molecule has 2 heterocycles. The molecular weight excluding hydrogens is 298 g/mol. The van der Waals surface area contributed by atoms with Gasteiger partial charge in [-0.2, -0.15) is 0 Å². The Balaban J connectivity index is 2.36. The molecule has 0 aromatic carbocycles.